The summed E-state index contributed by atoms with van der Waals surface area (Å²) in [6.45, 7) is 7.86. The van der Waals surface area contributed by atoms with E-state index in [1.54, 1.807) is 37.3 Å². The molecule has 0 saturated heterocycles. The molecule has 0 bridgehead atoms. The number of esters is 1. The number of carbonyl (C=O) groups excluding carboxylic acids is 4. The molecule has 0 aliphatic carbocycles. The number of fused-ring (bicyclic) bond motifs is 1. The molecule has 0 aromatic heterocycles. The molecule has 40 heavy (non-hydrogen) atoms. The highest BCUT2D eigenvalue weighted by atomic mass is 35.5. The fourth-order valence-corrected chi connectivity index (χ4v) is 4.49. The van der Waals surface area contributed by atoms with Gasteiger partial charge in [-0.15, -0.1) is 0 Å². The Kier molecular flexibility index (Phi) is 11.0. The summed E-state index contributed by atoms with van der Waals surface area (Å²) in [5, 5.41) is 3.30. The minimum absolute atomic E-state index is 0.000159. The van der Waals surface area contributed by atoms with Gasteiger partial charge < -0.3 is 19.7 Å². The van der Waals surface area contributed by atoms with E-state index in [9.17, 15) is 19.2 Å². The van der Waals surface area contributed by atoms with Crippen LogP contribution < -0.4 is 10.2 Å². The van der Waals surface area contributed by atoms with Crippen LogP contribution in [0.15, 0.2) is 42.5 Å². The van der Waals surface area contributed by atoms with Gasteiger partial charge in [-0.3, -0.25) is 19.3 Å². The molecule has 216 valence electrons. The third-order valence-corrected chi connectivity index (χ3v) is 6.43. The molecule has 1 aliphatic rings. The molecular weight excluding hydrogens is 534 g/mol. The standard InChI is InChI=1S/C30H38ClN3O6/c1-5-39-27(36)16-18-33-20-26(35)34(23-13-11-22(31)12-14-23)25-15-10-21(19-24(25)28(33)37)9-7-6-8-17-32-29(38)40-30(2,3)4/h10-15,19H,5-9,16-18,20H2,1-4H3,(H,32,38). The van der Waals surface area contributed by atoms with Crippen molar-refractivity contribution < 1.29 is 28.7 Å². The molecule has 2 aromatic rings. The first-order chi connectivity index (χ1) is 19.0. The third kappa shape index (κ3) is 8.98. The highest BCUT2D eigenvalue weighted by Crippen LogP contribution is 2.34. The van der Waals surface area contributed by atoms with Crippen molar-refractivity contribution >= 4 is 46.9 Å². The van der Waals surface area contributed by atoms with Crippen molar-refractivity contribution in [3.63, 3.8) is 0 Å². The summed E-state index contributed by atoms with van der Waals surface area (Å²) < 4.78 is 10.3. The number of nitrogens with zero attached hydrogens (tertiary/aromatic N) is 2. The molecule has 9 nitrogen and oxygen atoms in total. The van der Waals surface area contributed by atoms with Crippen molar-refractivity contribution in [3.05, 3.63) is 58.6 Å². The zero-order chi connectivity index (χ0) is 29.3. The number of amides is 3. The molecule has 3 amide bonds. The summed E-state index contributed by atoms with van der Waals surface area (Å²) in [4.78, 5) is 53.7. The highest BCUT2D eigenvalue weighted by molar-refractivity contribution is 6.30. The molecule has 1 heterocycles. The second kappa shape index (κ2) is 14.2. The molecule has 0 unspecified atom stereocenters. The van der Waals surface area contributed by atoms with Crippen LogP contribution in [0, 0.1) is 0 Å². The first kappa shape index (κ1) is 30.9. The Hall–Kier alpha value is -3.59. The van der Waals surface area contributed by atoms with E-state index in [1.165, 1.54) is 9.80 Å². The van der Waals surface area contributed by atoms with E-state index in [4.69, 9.17) is 21.1 Å². The Morgan fingerprint density at radius 1 is 1.02 bits per heavy atom. The molecule has 2 aromatic carbocycles. The number of unbranched alkanes of at least 4 members (excludes halogenated alkanes) is 2. The van der Waals surface area contributed by atoms with Gasteiger partial charge in [-0.05, 0) is 88.9 Å². The van der Waals surface area contributed by atoms with Crippen LogP contribution in [0.2, 0.25) is 5.02 Å². The number of carbonyl (C=O) groups is 4. The molecule has 0 saturated carbocycles. The lowest BCUT2D eigenvalue weighted by Crippen LogP contribution is -2.38. The lowest BCUT2D eigenvalue weighted by molar-refractivity contribution is -0.143. The van der Waals surface area contributed by atoms with Gasteiger partial charge in [0.15, 0.2) is 0 Å². The first-order valence-corrected chi connectivity index (χ1v) is 14.0. The monoisotopic (exact) mass is 571 g/mol. The molecule has 1 aliphatic heterocycles. The maximum absolute atomic E-state index is 13.6. The van der Waals surface area contributed by atoms with E-state index < -0.39 is 17.7 Å². The summed E-state index contributed by atoms with van der Waals surface area (Å²) in [6.07, 6.45) is 2.83. The van der Waals surface area contributed by atoms with Crippen molar-refractivity contribution in [3.8, 4) is 0 Å². The second-order valence-electron chi connectivity index (χ2n) is 10.6. The summed E-state index contributed by atoms with van der Waals surface area (Å²) in [5.74, 6) is -1.02. The summed E-state index contributed by atoms with van der Waals surface area (Å²) in [6, 6.07) is 12.4. The number of rotatable bonds is 11. The fraction of sp³-hybridized carbons (Fsp3) is 0.467. The van der Waals surface area contributed by atoms with Gasteiger partial charge in [0.2, 0.25) is 0 Å². The predicted octanol–water partition coefficient (Wildman–Crippen LogP) is 5.65. The van der Waals surface area contributed by atoms with E-state index in [2.05, 4.69) is 5.32 Å². The third-order valence-electron chi connectivity index (χ3n) is 6.18. The van der Waals surface area contributed by atoms with Gasteiger partial charge in [0, 0.05) is 23.8 Å². The zero-order valence-corrected chi connectivity index (χ0v) is 24.4. The first-order valence-electron chi connectivity index (χ1n) is 13.6. The largest absolute Gasteiger partial charge is 0.466 e. The molecule has 10 heteroatoms. The van der Waals surface area contributed by atoms with Crippen molar-refractivity contribution in [1.82, 2.24) is 10.2 Å². The fourth-order valence-electron chi connectivity index (χ4n) is 4.36. The Morgan fingerprint density at radius 2 is 1.75 bits per heavy atom. The molecule has 3 rings (SSSR count). The molecule has 0 fully saturated rings. The van der Waals surface area contributed by atoms with Gasteiger partial charge in [0.1, 0.15) is 12.1 Å². The molecular formula is C30H38ClN3O6. The van der Waals surface area contributed by atoms with Gasteiger partial charge in [0.25, 0.3) is 11.8 Å². The van der Waals surface area contributed by atoms with Gasteiger partial charge in [0.05, 0.1) is 24.3 Å². The van der Waals surface area contributed by atoms with Crippen LogP contribution in [0.5, 0.6) is 0 Å². The number of benzene rings is 2. The maximum Gasteiger partial charge on any atom is 0.407 e. The Bertz CT molecular complexity index is 1210. The van der Waals surface area contributed by atoms with E-state index >= 15 is 0 Å². The summed E-state index contributed by atoms with van der Waals surface area (Å²) >= 11 is 6.07. The SMILES string of the molecule is CCOC(=O)CCN1CC(=O)N(c2ccc(Cl)cc2)c2ccc(CCCCCNC(=O)OC(C)(C)C)cc2C1=O. The van der Waals surface area contributed by atoms with E-state index in [0.29, 0.717) is 28.5 Å². The van der Waals surface area contributed by atoms with E-state index in [1.807, 2.05) is 32.9 Å². The average molecular weight is 572 g/mol. The molecule has 0 spiro atoms. The van der Waals surface area contributed by atoms with Crippen molar-refractivity contribution in [2.45, 2.75) is 65.4 Å². The topological polar surface area (TPSA) is 105 Å². The lowest BCUT2D eigenvalue weighted by atomic mass is 10.0. The van der Waals surface area contributed by atoms with Crippen LogP contribution in [0.25, 0.3) is 0 Å². The van der Waals surface area contributed by atoms with E-state index in [-0.39, 0.29) is 37.9 Å². The highest BCUT2D eigenvalue weighted by Gasteiger charge is 2.33. The number of ether oxygens (including phenoxy) is 2. The number of alkyl carbamates (subject to hydrolysis) is 1. The number of hydrogen-bond donors (Lipinski definition) is 1. The smallest absolute Gasteiger partial charge is 0.407 e. The van der Waals surface area contributed by atoms with Gasteiger partial charge >= 0.3 is 12.1 Å². The average Bonchev–Trinajstić information content (AvgIpc) is 2.98. The van der Waals surface area contributed by atoms with Crippen molar-refractivity contribution in [1.29, 1.82) is 0 Å². The molecule has 1 N–H and O–H groups in total. The van der Waals surface area contributed by atoms with Crippen LogP contribution in [0.3, 0.4) is 0 Å². The van der Waals surface area contributed by atoms with Gasteiger partial charge in [-0.2, -0.15) is 0 Å². The number of anilines is 2. The van der Waals surface area contributed by atoms with E-state index in [0.717, 1.165) is 31.2 Å². The second-order valence-corrected chi connectivity index (χ2v) is 11.0. The van der Waals surface area contributed by atoms with Crippen LogP contribution in [-0.2, 0) is 25.5 Å². The number of hydrogen-bond acceptors (Lipinski definition) is 6. The van der Waals surface area contributed by atoms with Crippen LogP contribution in [-0.4, -0.2) is 60.6 Å². The number of aryl methyl sites for hydroxylation is 1. The normalized spacial score (nSPS) is 13.5. The van der Waals surface area contributed by atoms with Crippen LogP contribution >= 0.6 is 11.6 Å². The minimum Gasteiger partial charge on any atom is -0.466 e. The summed E-state index contributed by atoms with van der Waals surface area (Å²) in [7, 11) is 0. The molecule has 0 radical (unpaired) electrons. The van der Waals surface area contributed by atoms with Crippen LogP contribution in [0.1, 0.15) is 69.3 Å². The predicted molar refractivity (Wildman–Crippen MR) is 154 cm³/mol. The van der Waals surface area contributed by atoms with Gasteiger partial charge in [-0.1, -0.05) is 24.1 Å². The molecule has 0 atom stereocenters. The number of nitrogens with one attached hydrogen (secondary N) is 1. The van der Waals surface area contributed by atoms with Crippen molar-refractivity contribution in [2.24, 2.45) is 0 Å². The minimum atomic E-state index is -0.533. The summed E-state index contributed by atoms with van der Waals surface area (Å²) in [5.41, 5.74) is 1.91. The Morgan fingerprint density at radius 3 is 2.42 bits per heavy atom. The Balaban J connectivity index is 1.73. The number of halogens is 1. The quantitative estimate of drug-likeness (QED) is 0.276. The Labute approximate surface area is 240 Å². The maximum atomic E-state index is 13.6. The van der Waals surface area contributed by atoms with Gasteiger partial charge in [-0.25, -0.2) is 4.79 Å². The lowest BCUT2D eigenvalue weighted by Gasteiger charge is -2.23. The van der Waals surface area contributed by atoms with Crippen LogP contribution in [0.4, 0.5) is 16.2 Å². The zero-order valence-electron chi connectivity index (χ0n) is 23.6. The van der Waals surface area contributed by atoms with Crippen molar-refractivity contribution in [2.75, 3.05) is 31.1 Å².